The van der Waals surface area contributed by atoms with Crippen molar-refractivity contribution in [3.63, 3.8) is 0 Å². The number of carboxylic acids is 1. The molecule has 0 spiro atoms. The van der Waals surface area contributed by atoms with E-state index in [0.29, 0.717) is 10.0 Å². The topological polar surface area (TPSA) is 66.4 Å². The molecule has 0 aliphatic carbocycles. The molecule has 4 nitrogen and oxygen atoms in total. The number of carboxylic acid groups (broad SMARTS) is 1. The van der Waals surface area contributed by atoms with Gasteiger partial charge in [-0.05, 0) is 55.3 Å². The fourth-order valence-corrected chi connectivity index (χ4v) is 2.24. The van der Waals surface area contributed by atoms with Crippen LogP contribution in [-0.2, 0) is 0 Å². The molecule has 0 fully saturated rings. The third kappa shape index (κ3) is 3.49. The van der Waals surface area contributed by atoms with Crippen molar-refractivity contribution in [3.8, 4) is 0 Å². The van der Waals surface area contributed by atoms with Gasteiger partial charge in [0.1, 0.15) is 0 Å². The van der Waals surface area contributed by atoms with Crippen molar-refractivity contribution >= 4 is 33.5 Å². The Morgan fingerprint density at radius 3 is 2.38 bits per heavy atom. The van der Waals surface area contributed by atoms with Crippen LogP contribution in [0.5, 0.6) is 0 Å². The highest BCUT2D eigenvalue weighted by molar-refractivity contribution is 9.10. The second-order valence-electron chi connectivity index (χ2n) is 4.75. The molecule has 2 rings (SSSR count). The SMILES string of the molecule is Cc1ccc(C(=O)Nc2ccc(Br)cc2C(=O)O)cc1C. The molecule has 0 atom stereocenters. The normalized spacial score (nSPS) is 10.2. The van der Waals surface area contributed by atoms with E-state index in [9.17, 15) is 14.7 Å². The molecule has 0 radical (unpaired) electrons. The number of carbonyl (C=O) groups excluding carboxylic acids is 1. The van der Waals surface area contributed by atoms with E-state index in [2.05, 4.69) is 21.2 Å². The predicted molar refractivity (Wildman–Crippen MR) is 85.0 cm³/mol. The fraction of sp³-hybridized carbons (Fsp3) is 0.125. The molecule has 2 aromatic carbocycles. The lowest BCUT2D eigenvalue weighted by molar-refractivity contribution is 0.0698. The fourth-order valence-electron chi connectivity index (χ4n) is 1.88. The van der Waals surface area contributed by atoms with Crippen LogP contribution in [0.25, 0.3) is 0 Å². The Morgan fingerprint density at radius 1 is 1.05 bits per heavy atom. The van der Waals surface area contributed by atoms with Crippen molar-refractivity contribution in [2.45, 2.75) is 13.8 Å². The smallest absolute Gasteiger partial charge is 0.337 e. The molecular formula is C16H14BrNO3. The van der Waals surface area contributed by atoms with E-state index in [1.165, 1.54) is 6.07 Å². The Hall–Kier alpha value is -2.14. The maximum atomic E-state index is 12.2. The van der Waals surface area contributed by atoms with Gasteiger partial charge in [0.15, 0.2) is 0 Å². The molecule has 5 heteroatoms. The molecule has 0 aromatic heterocycles. The van der Waals surface area contributed by atoms with Crippen LogP contribution in [0.15, 0.2) is 40.9 Å². The van der Waals surface area contributed by atoms with E-state index in [1.54, 1.807) is 24.3 Å². The second kappa shape index (κ2) is 6.10. The summed E-state index contributed by atoms with van der Waals surface area (Å²) in [5, 5.41) is 11.8. The van der Waals surface area contributed by atoms with Crippen molar-refractivity contribution in [1.29, 1.82) is 0 Å². The van der Waals surface area contributed by atoms with Crippen LogP contribution in [0.1, 0.15) is 31.8 Å². The van der Waals surface area contributed by atoms with E-state index in [1.807, 2.05) is 19.9 Å². The molecule has 2 aromatic rings. The van der Waals surface area contributed by atoms with Gasteiger partial charge in [0, 0.05) is 10.0 Å². The molecule has 21 heavy (non-hydrogen) atoms. The van der Waals surface area contributed by atoms with E-state index in [4.69, 9.17) is 0 Å². The Labute approximate surface area is 130 Å². The first-order valence-electron chi connectivity index (χ1n) is 6.30. The van der Waals surface area contributed by atoms with E-state index in [0.717, 1.165) is 11.1 Å². The van der Waals surface area contributed by atoms with Gasteiger partial charge in [0.2, 0.25) is 0 Å². The third-order valence-electron chi connectivity index (χ3n) is 3.23. The minimum atomic E-state index is -1.09. The van der Waals surface area contributed by atoms with Crippen LogP contribution in [0.4, 0.5) is 5.69 Å². The van der Waals surface area contributed by atoms with Gasteiger partial charge in [-0.1, -0.05) is 22.0 Å². The quantitative estimate of drug-likeness (QED) is 0.881. The van der Waals surface area contributed by atoms with Crippen LogP contribution in [0.2, 0.25) is 0 Å². The molecule has 108 valence electrons. The number of carbonyl (C=O) groups is 2. The number of aromatic carboxylic acids is 1. The van der Waals surface area contributed by atoms with Crippen LogP contribution >= 0.6 is 15.9 Å². The Morgan fingerprint density at radius 2 is 1.76 bits per heavy atom. The Balaban J connectivity index is 2.31. The number of halogens is 1. The molecule has 0 aliphatic rings. The van der Waals surface area contributed by atoms with Gasteiger partial charge < -0.3 is 10.4 Å². The highest BCUT2D eigenvalue weighted by Crippen LogP contribution is 2.22. The van der Waals surface area contributed by atoms with Gasteiger partial charge in [-0.15, -0.1) is 0 Å². The van der Waals surface area contributed by atoms with E-state index < -0.39 is 5.97 Å². The summed E-state index contributed by atoms with van der Waals surface area (Å²) in [6.45, 7) is 3.89. The number of hydrogen-bond donors (Lipinski definition) is 2. The maximum Gasteiger partial charge on any atom is 0.337 e. The lowest BCUT2D eigenvalue weighted by Gasteiger charge is -2.10. The number of rotatable bonds is 3. The molecule has 0 heterocycles. The summed E-state index contributed by atoms with van der Waals surface area (Å²) >= 11 is 3.22. The summed E-state index contributed by atoms with van der Waals surface area (Å²) in [4.78, 5) is 23.4. The van der Waals surface area contributed by atoms with E-state index >= 15 is 0 Å². The first-order valence-corrected chi connectivity index (χ1v) is 7.09. The highest BCUT2D eigenvalue weighted by atomic mass is 79.9. The Bertz CT molecular complexity index is 725. The molecular weight excluding hydrogens is 334 g/mol. The number of aryl methyl sites for hydroxylation is 2. The molecule has 0 unspecified atom stereocenters. The number of benzene rings is 2. The lowest BCUT2D eigenvalue weighted by Crippen LogP contribution is -2.15. The molecule has 0 bridgehead atoms. The zero-order valence-corrected chi connectivity index (χ0v) is 13.2. The van der Waals surface area contributed by atoms with Crippen molar-refractivity contribution in [3.05, 3.63) is 63.1 Å². The van der Waals surface area contributed by atoms with Gasteiger partial charge in [0.05, 0.1) is 11.3 Å². The number of anilines is 1. The van der Waals surface area contributed by atoms with Crippen molar-refractivity contribution < 1.29 is 14.7 Å². The largest absolute Gasteiger partial charge is 0.478 e. The van der Waals surface area contributed by atoms with Crippen molar-refractivity contribution in [1.82, 2.24) is 0 Å². The summed E-state index contributed by atoms with van der Waals surface area (Å²) in [5.41, 5.74) is 2.92. The summed E-state index contributed by atoms with van der Waals surface area (Å²) in [6.07, 6.45) is 0. The van der Waals surface area contributed by atoms with Crippen molar-refractivity contribution in [2.75, 3.05) is 5.32 Å². The standard InChI is InChI=1S/C16H14BrNO3/c1-9-3-4-11(7-10(9)2)15(19)18-14-6-5-12(17)8-13(14)16(20)21/h3-8H,1-2H3,(H,18,19)(H,20,21). The monoisotopic (exact) mass is 347 g/mol. The van der Waals surface area contributed by atoms with Gasteiger partial charge in [-0.3, -0.25) is 4.79 Å². The number of nitrogens with one attached hydrogen (secondary N) is 1. The molecule has 2 N–H and O–H groups in total. The summed E-state index contributed by atoms with van der Waals surface area (Å²) in [5.74, 6) is -1.42. The predicted octanol–water partition coefficient (Wildman–Crippen LogP) is 4.02. The molecule has 0 saturated heterocycles. The number of hydrogen-bond acceptors (Lipinski definition) is 2. The van der Waals surface area contributed by atoms with Crippen LogP contribution < -0.4 is 5.32 Å². The maximum absolute atomic E-state index is 12.2. The minimum absolute atomic E-state index is 0.0431. The zero-order chi connectivity index (χ0) is 15.6. The van der Waals surface area contributed by atoms with Crippen molar-refractivity contribution in [2.24, 2.45) is 0 Å². The first kappa shape index (κ1) is 15.3. The summed E-state index contributed by atoms with van der Waals surface area (Å²) in [6, 6.07) is 10.1. The molecule has 0 saturated carbocycles. The molecule has 0 aliphatic heterocycles. The zero-order valence-electron chi connectivity index (χ0n) is 11.6. The van der Waals surface area contributed by atoms with E-state index in [-0.39, 0.29) is 17.2 Å². The van der Waals surface area contributed by atoms with Gasteiger partial charge in [-0.25, -0.2) is 4.79 Å². The van der Waals surface area contributed by atoms with Crippen LogP contribution in [-0.4, -0.2) is 17.0 Å². The third-order valence-corrected chi connectivity index (χ3v) is 3.72. The van der Waals surface area contributed by atoms with Crippen LogP contribution in [0.3, 0.4) is 0 Å². The average Bonchev–Trinajstić information content (AvgIpc) is 2.43. The van der Waals surface area contributed by atoms with Crippen LogP contribution in [0, 0.1) is 13.8 Å². The first-order chi connectivity index (χ1) is 9.88. The average molecular weight is 348 g/mol. The highest BCUT2D eigenvalue weighted by Gasteiger charge is 2.14. The lowest BCUT2D eigenvalue weighted by atomic mass is 10.1. The second-order valence-corrected chi connectivity index (χ2v) is 5.66. The Kier molecular flexibility index (Phi) is 4.43. The number of amides is 1. The summed E-state index contributed by atoms with van der Waals surface area (Å²) in [7, 11) is 0. The van der Waals surface area contributed by atoms with Gasteiger partial charge >= 0.3 is 5.97 Å². The summed E-state index contributed by atoms with van der Waals surface area (Å²) < 4.78 is 0.643. The molecule has 1 amide bonds. The minimum Gasteiger partial charge on any atom is -0.478 e. The van der Waals surface area contributed by atoms with Gasteiger partial charge in [-0.2, -0.15) is 0 Å². The van der Waals surface area contributed by atoms with Gasteiger partial charge in [0.25, 0.3) is 5.91 Å².